The minimum Gasteiger partial charge on any atom is -0.308 e. The number of carbonyl (C=O) groups is 1. The fourth-order valence-electron chi connectivity index (χ4n) is 0.699. The van der Waals surface area contributed by atoms with Gasteiger partial charge in [-0.15, -0.1) is 0 Å². The summed E-state index contributed by atoms with van der Waals surface area (Å²) in [5.74, 6) is 0.446. The van der Waals surface area contributed by atoms with Crippen LogP contribution >= 0.6 is 11.8 Å². The summed E-state index contributed by atoms with van der Waals surface area (Å²) in [6.45, 7) is 1.84. The zero-order valence-electron chi connectivity index (χ0n) is 7.52. The summed E-state index contributed by atoms with van der Waals surface area (Å²) in [4.78, 5) is 19.1. The fourth-order valence-corrected chi connectivity index (χ4v) is 0.972. The Morgan fingerprint density at radius 2 is 2.38 bits per heavy atom. The van der Waals surface area contributed by atoms with Gasteiger partial charge in [0, 0.05) is 12.4 Å². The molecule has 1 heterocycles. The van der Waals surface area contributed by atoms with Crippen LogP contribution in [0.3, 0.4) is 0 Å². The summed E-state index contributed by atoms with van der Waals surface area (Å²) < 4.78 is 0. The Kier molecular flexibility index (Phi) is 3.70. The number of thioether (sulfide) groups is 1. The van der Waals surface area contributed by atoms with Gasteiger partial charge in [0.25, 0.3) is 0 Å². The summed E-state index contributed by atoms with van der Waals surface area (Å²) in [5, 5.41) is 2.59. The molecule has 5 heteroatoms. The highest BCUT2D eigenvalue weighted by Gasteiger charge is 2.10. The molecule has 0 aliphatic rings. The molecule has 1 unspecified atom stereocenters. The number of aromatic nitrogens is 2. The van der Waals surface area contributed by atoms with Gasteiger partial charge in [0.1, 0.15) is 0 Å². The maximum Gasteiger partial charge on any atom is 0.238 e. The third-order valence-corrected chi connectivity index (χ3v) is 2.46. The van der Waals surface area contributed by atoms with Gasteiger partial charge in [0.15, 0.2) is 5.82 Å². The Hall–Kier alpha value is -1.10. The van der Waals surface area contributed by atoms with Crippen molar-refractivity contribution in [3.05, 3.63) is 18.6 Å². The van der Waals surface area contributed by atoms with Crippen molar-refractivity contribution in [1.29, 1.82) is 0 Å². The van der Waals surface area contributed by atoms with Crippen molar-refractivity contribution in [2.45, 2.75) is 12.2 Å². The van der Waals surface area contributed by atoms with Crippen molar-refractivity contribution >= 4 is 23.5 Å². The molecule has 1 atom stereocenters. The van der Waals surface area contributed by atoms with Gasteiger partial charge < -0.3 is 5.32 Å². The summed E-state index contributed by atoms with van der Waals surface area (Å²) in [5.41, 5.74) is 0. The van der Waals surface area contributed by atoms with E-state index < -0.39 is 0 Å². The Bertz CT molecular complexity index is 278. The molecule has 0 aromatic carbocycles. The Labute approximate surface area is 81.2 Å². The molecule has 0 bridgehead atoms. The maximum absolute atomic E-state index is 11.3. The molecular formula is C8H11N3OS. The van der Waals surface area contributed by atoms with E-state index >= 15 is 0 Å². The van der Waals surface area contributed by atoms with Gasteiger partial charge in [-0.25, -0.2) is 4.98 Å². The zero-order chi connectivity index (χ0) is 9.68. The van der Waals surface area contributed by atoms with E-state index in [0.717, 1.165) is 0 Å². The molecule has 1 N–H and O–H groups in total. The van der Waals surface area contributed by atoms with E-state index in [4.69, 9.17) is 0 Å². The van der Waals surface area contributed by atoms with Crippen LogP contribution in [-0.4, -0.2) is 27.4 Å². The molecule has 0 spiro atoms. The Morgan fingerprint density at radius 1 is 1.62 bits per heavy atom. The first-order chi connectivity index (χ1) is 6.24. The number of amides is 1. The van der Waals surface area contributed by atoms with Crippen LogP contribution in [0.1, 0.15) is 6.92 Å². The monoisotopic (exact) mass is 197 g/mol. The molecule has 1 aromatic heterocycles. The normalized spacial score (nSPS) is 12.2. The van der Waals surface area contributed by atoms with Crippen LogP contribution in [0, 0.1) is 0 Å². The van der Waals surface area contributed by atoms with Crippen molar-refractivity contribution in [3.63, 3.8) is 0 Å². The van der Waals surface area contributed by atoms with E-state index in [-0.39, 0.29) is 11.2 Å². The van der Waals surface area contributed by atoms with Crippen molar-refractivity contribution < 1.29 is 4.79 Å². The average Bonchev–Trinajstić information content (AvgIpc) is 2.18. The topological polar surface area (TPSA) is 54.9 Å². The third kappa shape index (κ3) is 3.02. The predicted molar refractivity (Wildman–Crippen MR) is 53.6 cm³/mol. The molecule has 1 aromatic rings. The van der Waals surface area contributed by atoms with Crippen LogP contribution in [0.2, 0.25) is 0 Å². The summed E-state index contributed by atoms with van der Waals surface area (Å²) in [6, 6.07) is 0. The van der Waals surface area contributed by atoms with E-state index in [1.165, 1.54) is 18.0 Å². The van der Waals surface area contributed by atoms with E-state index in [0.29, 0.717) is 5.82 Å². The van der Waals surface area contributed by atoms with E-state index in [9.17, 15) is 4.79 Å². The van der Waals surface area contributed by atoms with Gasteiger partial charge in [-0.2, -0.15) is 11.8 Å². The minimum absolute atomic E-state index is 0.0481. The van der Waals surface area contributed by atoms with Gasteiger partial charge in [-0.05, 0) is 13.2 Å². The average molecular weight is 197 g/mol. The highest BCUT2D eigenvalue weighted by Crippen LogP contribution is 2.07. The molecule has 70 valence electrons. The standard InChI is InChI=1S/C8H11N3OS/c1-6(13-2)8(12)11-7-5-9-3-4-10-7/h3-6H,1-2H3,(H,10,11,12). The van der Waals surface area contributed by atoms with Crippen LogP contribution in [0.25, 0.3) is 0 Å². The van der Waals surface area contributed by atoms with E-state index in [1.54, 1.807) is 12.4 Å². The van der Waals surface area contributed by atoms with Gasteiger partial charge >= 0.3 is 0 Å². The molecular weight excluding hydrogens is 186 g/mol. The number of hydrogen-bond acceptors (Lipinski definition) is 4. The number of carbonyl (C=O) groups excluding carboxylic acids is 1. The van der Waals surface area contributed by atoms with Gasteiger partial charge in [-0.1, -0.05) is 0 Å². The molecule has 0 fully saturated rings. The first-order valence-corrected chi connectivity index (χ1v) is 5.12. The molecule has 4 nitrogen and oxygen atoms in total. The molecule has 1 amide bonds. The molecule has 0 radical (unpaired) electrons. The summed E-state index contributed by atoms with van der Waals surface area (Å²) in [6.07, 6.45) is 6.51. The second-order valence-corrected chi connectivity index (χ2v) is 3.64. The number of nitrogens with one attached hydrogen (secondary N) is 1. The maximum atomic E-state index is 11.3. The Morgan fingerprint density at radius 3 is 2.92 bits per heavy atom. The van der Waals surface area contributed by atoms with Crippen LogP contribution in [0.4, 0.5) is 5.82 Å². The quantitative estimate of drug-likeness (QED) is 0.790. The first kappa shape index (κ1) is 9.98. The van der Waals surface area contributed by atoms with Gasteiger partial charge in [0.05, 0.1) is 11.4 Å². The molecule has 0 aliphatic heterocycles. The zero-order valence-corrected chi connectivity index (χ0v) is 8.34. The lowest BCUT2D eigenvalue weighted by atomic mass is 10.4. The molecule has 0 saturated carbocycles. The third-order valence-electron chi connectivity index (χ3n) is 1.54. The van der Waals surface area contributed by atoms with Crippen molar-refractivity contribution in [2.75, 3.05) is 11.6 Å². The fraction of sp³-hybridized carbons (Fsp3) is 0.375. The lowest BCUT2D eigenvalue weighted by molar-refractivity contribution is -0.115. The van der Waals surface area contributed by atoms with Crippen LogP contribution < -0.4 is 5.32 Å². The predicted octanol–water partition coefficient (Wildman–Crippen LogP) is 1.17. The molecule has 13 heavy (non-hydrogen) atoms. The summed E-state index contributed by atoms with van der Waals surface area (Å²) in [7, 11) is 0. The van der Waals surface area contributed by atoms with Gasteiger partial charge in [0.2, 0.25) is 5.91 Å². The second kappa shape index (κ2) is 4.81. The van der Waals surface area contributed by atoms with Crippen LogP contribution in [0.5, 0.6) is 0 Å². The SMILES string of the molecule is CSC(C)C(=O)Nc1cnccn1. The van der Waals surface area contributed by atoms with Crippen molar-refractivity contribution in [2.24, 2.45) is 0 Å². The number of hydrogen-bond donors (Lipinski definition) is 1. The number of rotatable bonds is 3. The van der Waals surface area contributed by atoms with E-state index in [1.807, 2.05) is 13.2 Å². The molecule has 1 rings (SSSR count). The van der Waals surface area contributed by atoms with Crippen molar-refractivity contribution in [1.82, 2.24) is 9.97 Å². The number of nitrogens with zero attached hydrogens (tertiary/aromatic N) is 2. The van der Waals surface area contributed by atoms with Crippen molar-refractivity contribution in [3.8, 4) is 0 Å². The lowest BCUT2D eigenvalue weighted by Gasteiger charge is -2.07. The van der Waals surface area contributed by atoms with E-state index in [2.05, 4.69) is 15.3 Å². The van der Waals surface area contributed by atoms with Crippen LogP contribution in [0.15, 0.2) is 18.6 Å². The van der Waals surface area contributed by atoms with Crippen LogP contribution in [-0.2, 0) is 4.79 Å². The minimum atomic E-state index is -0.0676. The summed E-state index contributed by atoms with van der Waals surface area (Å²) >= 11 is 1.49. The van der Waals surface area contributed by atoms with Gasteiger partial charge in [-0.3, -0.25) is 9.78 Å². The highest BCUT2D eigenvalue weighted by molar-refractivity contribution is 7.99. The highest BCUT2D eigenvalue weighted by atomic mass is 32.2. The smallest absolute Gasteiger partial charge is 0.238 e. The Balaban J connectivity index is 2.55. The lowest BCUT2D eigenvalue weighted by Crippen LogP contribution is -2.22. The first-order valence-electron chi connectivity index (χ1n) is 3.83. The largest absolute Gasteiger partial charge is 0.308 e. The second-order valence-electron chi connectivity index (χ2n) is 2.46. The molecule has 0 saturated heterocycles. The number of anilines is 1. The molecule has 0 aliphatic carbocycles.